The van der Waals surface area contributed by atoms with Gasteiger partial charge in [0.25, 0.3) is 0 Å². The summed E-state index contributed by atoms with van der Waals surface area (Å²) in [4.78, 5) is 4.59. The highest BCUT2D eigenvalue weighted by Gasteiger charge is 2.18. The number of hydrogen-bond acceptors (Lipinski definition) is 4. The van der Waals surface area contributed by atoms with Crippen molar-refractivity contribution >= 4 is 22.8 Å². The summed E-state index contributed by atoms with van der Waals surface area (Å²) < 4.78 is 4.01. The Morgan fingerprint density at radius 1 is 1.35 bits per heavy atom. The summed E-state index contributed by atoms with van der Waals surface area (Å²) in [7, 11) is 0. The van der Waals surface area contributed by atoms with Crippen LogP contribution in [0.15, 0.2) is 18.3 Å². The van der Waals surface area contributed by atoms with Gasteiger partial charge in [-0.25, -0.2) is 9.67 Å². The molecule has 0 fully saturated rings. The van der Waals surface area contributed by atoms with Crippen LogP contribution in [-0.2, 0) is 19.0 Å². The van der Waals surface area contributed by atoms with E-state index < -0.39 is 0 Å². The summed E-state index contributed by atoms with van der Waals surface area (Å²) in [5, 5.41) is 12.5. The van der Waals surface area contributed by atoms with Crippen molar-refractivity contribution in [2.45, 2.75) is 32.8 Å². The van der Waals surface area contributed by atoms with E-state index in [0.29, 0.717) is 12.4 Å². The minimum absolute atomic E-state index is 0.359. The quantitative estimate of drug-likeness (QED) is 0.691. The number of aryl methyl sites for hydroxylation is 2. The standard InChI is InChI=1S/C13H15ClN6/c1-3-20-13-12(9(2)18-20)16-11(7-14)19(13)8-10-5-4-6-15-17-10/h4-6H,3,7-8H2,1-2H3. The van der Waals surface area contributed by atoms with Crippen LogP contribution >= 0.6 is 11.6 Å². The number of imidazole rings is 1. The monoisotopic (exact) mass is 290 g/mol. The number of nitrogens with zero attached hydrogens (tertiary/aromatic N) is 6. The van der Waals surface area contributed by atoms with Gasteiger partial charge >= 0.3 is 0 Å². The highest BCUT2D eigenvalue weighted by Crippen LogP contribution is 2.21. The van der Waals surface area contributed by atoms with E-state index in [1.54, 1.807) is 6.20 Å². The van der Waals surface area contributed by atoms with Gasteiger partial charge in [0, 0.05) is 12.7 Å². The molecule has 0 unspecified atom stereocenters. The lowest BCUT2D eigenvalue weighted by Gasteiger charge is -2.08. The Morgan fingerprint density at radius 3 is 2.85 bits per heavy atom. The van der Waals surface area contributed by atoms with E-state index in [2.05, 4.69) is 31.8 Å². The highest BCUT2D eigenvalue weighted by atomic mass is 35.5. The number of aromatic nitrogens is 6. The Balaban J connectivity index is 2.16. The molecule has 0 aliphatic carbocycles. The summed E-state index contributed by atoms with van der Waals surface area (Å²) in [5.74, 6) is 1.19. The molecule has 0 aliphatic heterocycles. The van der Waals surface area contributed by atoms with Gasteiger partial charge < -0.3 is 4.57 Å². The molecule has 0 atom stereocenters. The molecule has 0 N–H and O–H groups in total. The van der Waals surface area contributed by atoms with E-state index in [9.17, 15) is 0 Å². The van der Waals surface area contributed by atoms with Crippen LogP contribution in [0.1, 0.15) is 24.1 Å². The van der Waals surface area contributed by atoms with Gasteiger partial charge in [-0.1, -0.05) is 0 Å². The average Bonchev–Trinajstić information content (AvgIpc) is 2.99. The van der Waals surface area contributed by atoms with E-state index in [1.807, 2.05) is 23.7 Å². The fraction of sp³-hybridized carbons (Fsp3) is 0.385. The van der Waals surface area contributed by atoms with Crippen molar-refractivity contribution in [3.63, 3.8) is 0 Å². The Bertz CT molecular complexity index is 730. The number of hydrogen-bond donors (Lipinski definition) is 0. The second-order valence-electron chi connectivity index (χ2n) is 4.54. The maximum absolute atomic E-state index is 6.03. The summed E-state index contributed by atoms with van der Waals surface area (Å²) in [6, 6.07) is 3.82. The van der Waals surface area contributed by atoms with Crippen LogP contribution in [0.5, 0.6) is 0 Å². The van der Waals surface area contributed by atoms with Crippen molar-refractivity contribution in [2.75, 3.05) is 0 Å². The summed E-state index contributed by atoms with van der Waals surface area (Å²) in [6.07, 6.45) is 1.66. The van der Waals surface area contributed by atoms with Gasteiger partial charge in [0.1, 0.15) is 11.3 Å². The minimum atomic E-state index is 0.359. The number of halogens is 1. The summed E-state index contributed by atoms with van der Waals surface area (Å²) in [5.41, 5.74) is 3.70. The lowest BCUT2D eigenvalue weighted by atomic mass is 10.4. The van der Waals surface area contributed by atoms with Crippen LogP contribution in [0, 0.1) is 6.92 Å². The van der Waals surface area contributed by atoms with Crippen LogP contribution in [-0.4, -0.2) is 29.5 Å². The Kier molecular flexibility index (Phi) is 3.40. The molecule has 104 valence electrons. The maximum atomic E-state index is 6.03. The fourth-order valence-corrected chi connectivity index (χ4v) is 2.54. The third-order valence-electron chi connectivity index (χ3n) is 3.24. The number of alkyl halides is 1. The van der Waals surface area contributed by atoms with Crippen LogP contribution in [0.4, 0.5) is 0 Å². The Hall–Kier alpha value is -1.95. The maximum Gasteiger partial charge on any atom is 0.159 e. The van der Waals surface area contributed by atoms with Gasteiger partial charge in [0.15, 0.2) is 5.65 Å². The van der Waals surface area contributed by atoms with E-state index in [0.717, 1.165) is 34.9 Å². The molecule has 7 heteroatoms. The minimum Gasteiger partial charge on any atom is -0.306 e. The molecule has 3 heterocycles. The SMILES string of the molecule is CCn1nc(C)c2nc(CCl)n(Cc3cccnn3)c21. The number of rotatable bonds is 4. The Labute approximate surface area is 121 Å². The van der Waals surface area contributed by atoms with Gasteiger partial charge in [-0.3, -0.25) is 0 Å². The largest absolute Gasteiger partial charge is 0.306 e. The fourth-order valence-electron chi connectivity index (χ4n) is 2.34. The summed E-state index contributed by atoms with van der Waals surface area (Å²) in [6.45, 7) is 5.41. The van der Waals surface area contributed by atoms with Gasteiger partial charge in [-0.2, -0.15) is 15.3 Å². The van der Waals surface area contributed by atoms with E-state index in [1.165, 1.54) is 0 Å². The predicted molar refractivity (Wildman–Crippen MR) is 76.6 cm³/mol. The van der Waals surface area contributed by atoms with E-state index >= 15 is 0 Å². The molecule has 3 rings (SSSR count). The topological polar surface area (TPSA) is 61.4 Å². The Morgan fingerprint density at radius 2 is 2.20 bits per heavy atom. The molecule has 0 saturated carbocycles. The van der Waals surface area contributed by atoms with E-state index in [4.69, 9.17) is 11.6 Å². The van der Waals surface area contributed by atoms with Crippen LogP contribution < -0.4 is 0 Å². The molecule has 20 heavy (non-hydrogen) atoms. The first-order valence-corrected chi connectivity index (χ1v) is 7.03. The van der Waals surface area contributed by atoms with Crippen molar-refractivity contribution in [3.8, 4) is 0 Å². The molecule has 6 nitrogen and oxygen atoms in total. The van der Waals surface area contributed by atoms with E-state index in [-0.39, 0.29) is 0 Å². The van der Waals surface area contributed by atoms with Gasteiger partial charge in [0.2, 0.25) is 0 Å². The van der Waals surface area contributed by atoms with Crippen molar-refractivity contribution in [2.24, 2.45) is 0 Å². The number of fused-ring (bicyclic) bond motifs is 1. The average molecular weight is 291 g/mol. The van der Waals surface area contributed by atoms with Gasteiger partial charge in [-0.15, -0.1) is 11.6 Å². The third-order valence-corrected chi connectivity index (χ3v) is 3.48. The van der Waals surface area contributed by atoms with Crippen molar-refractivity contribution < 1.29 is 0 Å². The lowest BCUT2D eigenvalue weighted by Crippen LogP contribution is -2.10. The normalized spacial score (nSPS) is 11.3. The van der Waals surface area contributed by atoms with Crippen LogP contribution in [0.3, 0.4) is 0 Å². The van der Waals surface area contributed by atoms with Gasteiger partial charge in [-0.05, 0) is 26.0 Å². The predicted octanol–water partition coefficient (Wildman–Crippen LogP) is 2.14. The molecule has 3 aromatic heterocycles. The molecule has 0 saturated heterocycles. The van der Waals surface area contributed by atoms with Crippen molar-refractivity contribution in [1.82, 2.24) is 29.5 Å². The van der Waals surface area contributed by atoms with Crippen LogP contribution in [0.25, 0.3) is 11.2 Å². The molecule has 0 amide bonds. The smallest absolute Gasteiger partial charge is 0.159 e. The molecule has 0 radical (unpaired) electrons. The first-order chi connectivity index (χ1) is 9.74. The molecule has 0 bridgehead atoms. The molecule has 3 aromatic rings. The zero-order chi connectivity index (χ0) is 14.1. The molecule has 0 spiro atoms. The first kappa shape index (κ1) is 13.1. The first-order valence-electron chi connectivity index (χ1n) is 6.49. The molecule has 0 aromatic carbocycles. The second-order valence-corrected chi connectivity index (χ2v) is 4.80. The third kappa shape index (κ3) is 2.06. The second kappa shape index (κ2) is 5.20. The van der Waals surface area contributed by atoms with Crippen molar-refractivity contribution in [3.05, 3.63) is 35.5 Å². The molecular weight excluding hydrogens is 276 g/mol. The summed E-state index contributed by atoms with van der Waals surface area (Å²) >= 11 is 6.03. The van der Waals surface area contributed by atoms with Gasteiger partial charge in [0.05, 0.1) is 23.8 Å². The highest BCUT2D eigenvalue weighted by molar-refractivity contribution is 6.16. The van der Waals surface area contributed by atoms with Crippen molar-refractivity contribution in [1.29, 1.82) is 0 Å². The molecular formula is C13H15ClN6. The molecule has 0 aliphatic rings. The zero-order valence-corrected chi connectivity index (χ0v) is 12.2. The van der Waals surface area contributed by atoms with Crippen LogP contribution in [0.2, 0.25) is 0 Å². The zero-order valence-electron chi connectivity index (χ0n) is 11.4. The lowest BCUT2D eigenvalue weighted by molar-refractivity contribution is 0.634.